The number of carbonyl (C=O) groups is 1. The molecule has 0 aliphatic carbocycles. The van der Waals surface area contributed by atoms with Gasteiger partial charge in [-0.15, -0.1) is 0 Å². The lowest BCUT2D eigenvalue weighted by Crippen LogP contribution is -2.47. The van der Waals surface area contributed by atoms with E-state index >= 15 is 0 Å². The summed E-state index contributed by atoms with van der Waals surface area (Å²) in [4.78, 5) is 27.8. The molecule has 0 radical (unpaired) electrons. The monoisotopic (exact) mass is 396 g/mol. The highest BCUT2D eigenvalue weighted by atomic mass is 16.7. The highest BCUT2D eigenvalue weighted by Gasteiger charge is 2.34. The molecule has 1 aromatic heterocycles. The first-order valence-corrected chi connectivity index (χ1v) is 10.3. The number of nitrogens with zero attached hydrogens (tertiary/aromatic N) is 2. The molecule has 1 aromatic carbocycles. The summed E-state index contributed by atoms with van der Waals surface area (Å²) < 4.78 is 12.6. The van der Waals surface area contributed by atoms with Crippen molar-refractivity contribution in [2.45, 2.75) is 46.6 Å². The van der Waals surface area contributed by atoms with Gasteiger partial charge < -0.3 is 18.9 Å². The summed E-state index contributed by atoms with van der Waals surface area (Å²) >= 11 is 0. The molecular weight excluding hydrogens is 368 g/mol. The number of benzene rings is 1. The fraction of sp³-hybridized carbons (Fsp3) is 0.478. The number of aromatic nitrogens is 1. The third kappa shape index (κ3) is 3.76. The minimum Gasteiger partial charge on any atom is -0.454 e. The molecule has 0 N–H and O–H groups in total. The first-order valence-electron chi connectivity index (χ1n) is 10.3. The van der Waals surface area contributed by atoms with Gasteiger partial charge in [0.2, 0.25) is 6.79 Å². The van der Waals surface area contributed by atoms with E-state index in [-0.39, 0.29) is 29.2 Å². The molecule has 6 nitrogen and oxygen atoms in total. The molecule has 4 rings (SSSR count). The maximum Gasteiger partial charge on any atom is 0.263 e. The van der Waals surface area contributed by atoms with Crippen molar-refractivity contribution in [3.05, 3.63) is 57.5 Å². The first kappa shape index (κ1) is 19.6. The summed E-state index contributed by atoms with van der Waals surface area (Å²) in [5.41, 5.74) is 2.08. The van der Waals surface area contributed by atoms with E-state index < -0.39 is 0 Å². The second-order valence-corrected chi connectivity index (χ2v) is 8.44. The Morgan fingerprint density at radius 3 is 2.76 bits per heavy atom. The summed E-state index contributed by atoms with van der Waals surface area (Å²) in [5, 5.41) is 0. The van der Waals surface area contributed by atoms with Crippen LogP contribution in [0.25, 0.3) is 0 Å². The van der Waals surface area contributed by atoms with Crippen LogP contribution in [-0.4, -0.2) is 35.3 Å². The van der Waals surface area contributed by atoms with Gasteiger partial charge in [0.1, 0.15) is 5.56 Å². The molecule has 1 fully saturated rings. The zero-order chi connectivity index (χ0) is 20.6. The molecular formula is C23H28N2O4. The summed E-state index contributed by atoms with van der Waals surface area (Å²) in [7, 11) is 0. The molecule has 1 atom stereocenters. The van der Waals surface area contributed by atoms with Gasteiger partial charge in [-0.3, -0.25) is 9.59 Å². The van der Waals surface area contributed by atoms with Gasteiger partial charge >= 0.3 is 0 Å². The van der Waals surface area contributed by atoms with Crippen molar-refractivity contribution in [1.82, 2.24) is 9.47 Å². The topological polar surface area (TPSA) is 60.8 Å². The summed E-state index contributed by atoms with van der Waals surface area (Å²) in [5.74, 6) is 1.41. The third-order valence-electron chi connectivity index (χ3n) is 6.08. The Morgan fingerprint density at radius 2 is 1.97 bits per heavy atom. The maximum atomic E-state index is 13.2. The Labute approximate surface area is 171 Å². The Hall–Kier alpha value is -2.76. The molecule has 6 heteroatoms. The van der Waals surface area contributed by atoms with Crippen LogP contribution in [0.4, 0.5) is 0 Å². The lowest BCUT2D eigenvalue weighted by atomic mass is 9.76. The molecule has 2 aliphatic heterocycles. The smallest absolute Gasteiger partial charge is 0.263 e. The van der Waals surface area contributed by atoms with Crippen molar-refractivity contribution in [2.24, 2.45) is 5.41 Å². The molecule has 3 heterocycles. The molecule has 0 saturated carbocycles. The number of carbonyl (C=O) groups excluding carboxylic acids is 1. The van der Waals surface area contributed by atoms with Crippen molar-refractivity contribution < 1.29 is 14.3 Å². The number of likely N-dealkylation sites (tertiary alicyclic amines) is 1. The first-order chi connectivity index (χ1) is 13.9. The standard InChI is InChI=1S/C23H28N2O4/c1-4-25-16(2)6-8-18(22(25)27)21(26)24-11-5-10-23(3,14-24)13-17-7-9-19-20(12-17)29-15-28-19/h6-9,12H,4-5,10-11,13-15H2,1-3H3. The Kier molecular flexibility index (Phi) is 5.11. The largest absolute Gasteiger partial charge is 0.454 e. The van der Waals surface area contributed by atoms with Gasteiger partial charge in [0.15, 0.2) is 11.5 Å². The van der Waals surface area contributed by atoms with E-state index in [4.69, 9.17) is 9.47 Å². The van der Waals surface area contributed by atoms with Crippen molar-refractivity contribution in [3.8, 4) is 11.5 Å². The number of pyridine rings is 1. The zero-order valence-corrected chi connectivity index (χ0v) is 17.4. The number of rotatable bonds is 4. The summed E-state index contributed by atoms with van der Waals surface area (Å²) in [6.07, 6.45) is 2.82. The Balaban J connectivity index is 1.53. The van der Waals surface area contributed by atoms with E-state index in [1.54, 1.807) is 10.6 Å². The maximum absolute atomic E-state index is 13.2. The lowest BCUT2D eigenvalue weighted by Gasteiger charge is -2.40. The van der Waals surface area contributed by atoms with Gasteiger partial charge in [0, 0.05) is 25.3 Å². The highest BCUT2D eigenvalue weighted by Crippen LogP contribution is 2.37. The van der Waals surface area contributed by atoms with E-state index in [9.17, 15) is 9.59 Å². The van der Waals surface area contributed by atoms with Crippen LogP contribution in [0, 0.1) is 12.3 Å². The van der Waals surface area contributed by atoms with Gasteiger partial charge in [0.05, 0.1) is 0 Å². The van der Waals surface area contributed by atoms with E-state index in [0.717, 1.165) is 36.5 Å². The molecule has 1 unspecified atom stereocenters. The fourth-order valence-corrected chi connectivity index (χ4v) is 4.57. The van der Waals surface area contributed by atoms with E-state index in [1.165, 1.54) is 5.56 Å². The molecule has 0 bridgehead atoms. The van der Waals surface area contributed by atoms with Crippen molar-refractivity contribution in [2.75, 3.05) is 19.9 Å². The minimum absolute atomic E-state index is 0.0456. The number of fused-ring (bicyclic) bond motifs is 1. The van der Waals surface area contributed by atoms with Crippen LogP contribution < -0.4 is 15.0 Å². The normalized spacial score (nSPS) is 20.7. The number of ether oxygens (including phenoxy) is 2. The van der Waals surface area contributed by atoms with Crippen LogP contribution in [0.1, 0.15) is 48.3 Å². The van der Waals surface area contributed by atoms with Gasteiger partial charge in [-0.05, 0) is 68.4 Å². The summed E-state index contributed by atoms with van der Waals surface area (Å²) in [6, 6.07) is 9.59. The summed E-state index contributed by atoms with van der Waals surface area (Å²) in [6.45, 7) is 8.19. The quantitative estimate of drug-likeness (QED) is 0.795. The molecule has 0 spiro atoms. The van der Waals surface area contributed by atoms with Gasteiger partial charge in [-0.1, -0.05) is 13.0 Å². The van der Waals surface area contributed by atoms with Crippen LogP contribution in [-0.2, 0) is 13.0 Å². The molecule has 2 aliphatic rings. The van der Waals surface area contributed by atoms with Crippen molar-refractivity contribution in [3.63, 3.8) is 0 Å². The number of amides is 1. The molecule has 154 valence electrons. The van der Waals surface area contributed by atoms with Gasteiger partial charge in [-0.2, -0.15) is 0 Å². The molecule has 29 heavy (non-hydrogen) atoms. The average molecular weight is 396 g/mol. The fourth-order valence-electron chi connectivity index (χ4n) is 4.57. The zero-order valence-electron chi connectivity index (χ0n) is 17.4. The Bertz CT molecular complexity index is 997. The average Bonchev–Trinajstić information content (AvgIpc) is 3.15. The lowest BCUT2D eigenvalue weighted by molar-refractivity contribution is 0.0548. The predicted molar refractivity (Wildman–Crippen MR) is 111 cm³/mol. The number of aryl methyl sites for hydroxylation is 1. The second-order valence-electron chi connectivity index (χ2n) is 8.44. The van der Waals surface area contributed by atoms with Gasteiger partial charge in [0.25, 0.3) is 11.5 Å². The SMILES string of the molecule is CCn1c(C)ccc(C(=O)N2CCCC(C)(Cc3ccc4c(c3)OCO4)C2)c1=O. The molecule has 1 saturated heterocycles. The van der Waals surface area contributed by atoms with Crippen molar-refractivity contribution >= 4 is 5.91 Å². The van der Waals surface area contributed by atoms with E-state index in [2.05, 4.69) is 13.0 Å². The van der Waals surface area contributed by atoms with Crippen molar-refractivity contribution in [1.29, 1.82) is 0 Å². The number of hydrogen-bond donors (Lipinski definition) is 0. The predicted octanol–water partition coefficient (Wildman–Crippen LogP) is 3.39. The highest BCUT2D eigenvalue weighted by molar-refractivity contribution is 5.94. The van der Waals surface area contributed by atoms with Crippen LogP contribution >= 0.6 is 0 Å². The minimum atomic E-state index is -0.194. The van der Waals surface area contributed by atoms with Gasteiger partial charge in [-0.25, -0.2) is 0 Å². The van der Waals surface area contributed by atoms with Crippen LogP contribution in [0.3, 0.4) is 0 Å². The number of hydrogen-bond acceptors (Lipinski definition) is 4. The second kappa shape index (κ2) is 7.58. The van der Waals surface area contributed by atoms with E-state index in [0.29, 0.717) is 19.6 Å². The van der Waals surface area contributed by atoms with Crippen LogP contribution in [0.2, 0.25) is 0 Å². The number of piperidine rings is 1. The van der Waals surface area contributed by atoms with Crippen LogP contribution in [0.5, 0.6) is 11.5 Å². The Morgan fingerprint density at radius 1 is 1.17 bits per heavy atom. The van der Waals surface area contributed by atoms with Crippen LogP contribution in [0.15, 0.2) is 35.1 Å². The molecule has 1 amide bonds. The third-order valence-corrected chi connectivity index (χ3v) is 6.08. The van der Waals surface area contributed by atoms with E-state index in [1.807, 2.05) is 36.9 Å². The molecule has 2 aromatic rings.